The van der Waals surface area contributed by atoms with Gasteiger partial charge in [-0.05, 0) is 54.8 Å². The molecule has 194 valence electrons. The standard InChI is InChI=1S/C29H33N3O4S/c33-29(30-19-24-13-5-6-14-25(24)20-31-17-9-2-10-18-31)28-21-32(26-15-7-8-16-27(26)36-28)37(34,35)22-23-11-3-1-4-12-23/h1,3-8,11-16,28H,2,9-10,17-22H2,(H,30,33). The third-order valence-corrected chi connectivity index (χ3v) is 8.68. The van der Waals surface area contributed by atoms with E-state index in [1.807, 2.05) is 36.4 Å². The Kier molecular flexibility index (Phi) is 7.76. The van der Waals surface area contributed by atoms with Crippen molar-refractivity contribution in [2.45, 2.75) is 44.2 Å². The van der Waals surface area contributed by atoms with Gasteiger partial charge in [-0.1, -0.05) is 73.2 Å². The van der Waals surface area contributed by atoms with Gasteiger partial charge < -0.3 is 10.1 Å². The fourth-order valence-corrected chi connectivity index (χ4v) is 6.59. The van der Waals surface area contributed by atoms with Gasteiger partial charge in [-0.2, -0.15) is 0 Å². The smallest absolute Gasteiger partial charge is 0.263 e. The number of sulfonamides is 1. The Balaban J connectivity index is 1.29. The van der Waals surface area contributed by atoms with Gasteiger partial charge in [-0.25, -0.2) is 8.42 Å². The summed E-state index contributed by atoms with van der Waals surface area (Å²) in [6, 6.07) is 24.2. The Labute approximate surface area is 219 Å². The largest absolute Gasteiger partial charge is 0.476 e. The number of benzene rings is 3. The van der Waals surface area contributed by atoms with Crippen LogP contribution in [0.15, 0.2) is 78.9 Å². The molecule has 1 amide bonds. The van der Waals surface area contributed by atoms with Crippen molar-refractivity contribution in [1.29, 1.82) is 0 Å². The molecule has 37 heavy (non-hydrogen) atoms. The molecule has 1 atom stereocenters. The third-order valence-electron chi connectivity index (χ3n) is 6.97. The Morgan fingerprint density at radius 3 is 2.32 bits per heavy atom. The van der Waals surface area contributed by atoms with Crippen LogP contribution in [0.5, 0.6) is 5.75 Å². The lowest BCUT2D eigenvalue weighted by atomic mass is 10.0. The number of anilines is 1. The second-order valence-electron chi connectivity index (χ2n) is 9.67. The summed E-state index contributed by atoms with van der Waals surface area (Å²) in [5.74, 6) is -0.0985. The lowest BCUT2D eigenvalue weighted by Crippen LogP contribution is -2.50. The minimum atomic E-state index is -3.74. The molecule has 8 heteroatoms. The van der Waals surface area contributed by atoms with Gasteiger partial charge in [0.05, 0.1) is 18.0 Å². The number of hydrogen-bond donors (Lipinski definition) is 1. The van der Waals surface area contributed by atoms with Crippen molar-refractivity contribution in [3.63, 3.8) is 0 Å². The molecule has 1 N–H and O–H groups in total. The number of rotatable bonds is 8. The highest BCUT2D eigenvalue weighted by Crippen LogP contribution is 2.35. The van der Waals surface area contributed by atoms with Gasteiger partial charge in [0.25, 0.3) is 5.91 Å². The lowest BCUT2D eigenvalue weighted by Gasteiger charge is -2.34. The molecule has 0 saturated carbocycles. The number of fused-ring (bicyclic) bond motifs is 1. The van der Waals surface area contributed by atoms with E-state index >= 15 is 0 Å². The zero-order chi connectivity index (χ0) is 25.7. The van der Waals surface area contributed by atoms with E-state index in [9.17, 15) is 13.2 Å². The van der Waals surface area contributed by atoms with Crippen LogP contribution < -0.4 is 14.4 Å². The molecule has 0 radical (unpaired) electrons. The van der Waals surface area contributed by atoms with Crippen molar-refractivity contribution in [3.05, 3.63) is 95.6 Å². The number of para-hydroxylation sites is 2. The van der Waals surface area contributed by atoms with Gasteiger partial charge in [0.15, 0.2) is 6.10 Å². The molecular weight excluding hydrogens is 486 g/mol. The monoisotopic (exact) mass is 519 g/mol. The van der Waals surface area contributed by atoms with E-state index in [0.717, 1.165) is 25.2 Å². The minimum absolute atomic E-state index is 0.0760. The summed E-state index contributed by atoms with van der Waals surface area (Å²) in [7, 11) is -3.74. The molecule has 1 saturated heterocycles. The van der Waals surface area contributed by atoms with Crippen LogP contribution in [-0.2, 0) is 33.7 Å². The molecule has 1 unspecified atom stereocenters. The second kappa shape index (κ2) is 11.4. The number of piperidine rings is 1. The predicted molar refractivity (Wildman–Crippen MR) is 145 cm³/mol. The molecule has 1 fully saturated rings. The molecule has 2 heterocycles. The Morgan fingerprint density at radius 1 is 0.865 bits per heavy atom. The van der Waals surface area contributed by atoms with E-state index in [2.05, 4.69) is 16.3 Å². The number of amides is 1. The van der Waals surface area contributed by atoms with E-state index in [-0.39, 0.29) is 18.2 Å². The number of likely N-dealkylation sites (tertiary alicyclic amines) is 1. The second-order valence-corrected chi connectivity index (χ2v) is 11.6. The van der Waals surface area contributed by atoms with Crippen LogP contribution in [0.1, 0.15) is 36.0 Å². The molecule has 5 rings (SSSR count). The third kappa shape index (κ3) is 6.14. The Bertz CT molecular complexity index is 1320. The van der Waals surface area contributed by atoms with E-state index in [0.29, 0.717) is 23.5 Å². The molecule has 0 aromatic heterocycles. The topological polar surface area (TPSA) is 79.0 Å². The van der Waals surface area contributed by atoms with Gasteiger partial charge in [-0.15, -0.1) is 0 Å². The zero-order valence-corrected chi connectivity index (χ0v) is 21.7. The van der Waals surface area contributed by atoms with Crippen LogP contribution in [0.25, 0.3) is 0 Å². The molecule has 2 aliphatic heterocycles. The van der Waals surface area contributed by atoms with Gasteiger partial charge in [-0.3, -0.25) is 14.0 Å². The van der Waals surface area contributed by atoms with Crippen LogP contribution >= 0.6 is 0 Å². The summed E-state index contributed by atoms with van der Waals surface area (Å²) in [6.07, 6.45) is 2.79. The van der Waals surface area contributed by atoms with Crippen molar-refractivity contribution < 1.29 is 17.9 Å². The molecule has 3 aromatic rings. The zero-order valence-electron chi connectivity index (χ0n) is 20.9. The van der Waals surface area contributed by atoms with Crippen molar-refractivity contribution in [2.24, 2.45) is 0 Å². The van der Waals surface area contributed by atoms with Gasteiger partial charge in [0.1, 0.15) is 5.75 Å². The highest BCUT2D eigenvalue weighted by molar-refractivity contribution is 7.92. The average Bonchev–Trinajstić information content (AvgIpc) is 2.92. The maximum Gasteiger partial charge on any atom is 0.263 e. The van der Waals surface area contributed by atoms with Crippen molar-refractivity contribution in [2.75, 3.05) is 23.9 Å². The normalized spacial score (nSPS) is 18.1. The van der Waals surface area contributed by atoms with E-state index in [4.69, 9.17) is 4.74 Å². The Morgan fingerprint density at radius 2 is 1.54 bits per heavy atom. The van der Waals surface area contributed by atoms with Crippen LogP contribution in [-0.4, -0.2) is 45.0 Å². The quantitative estimate of drug-likeness (QED) is 0.485. The van der Waals surface area contributed by atoms with Crippen LogP contribution in [0, 0.1) is 0 Å². The molecule has 2 aliphatic rings. The highest BCUT2D eigenvalue weighted by Gasteiger charge is 2.36. The molecule has 7 nitrogen and oxygen atoms in total. The summed E-state index contributed by atoms with van der Waals surface area (Å²) in [5.41, 5.74) is 3.41. The van der Waals surface area contributed by atoms with Crippen molar-refractivity contribution >= 4 is 21.6 Å². The van der Waals surface area contributed by atoms with E-state index in [1.54, 1.807) is 36.4 Å². The molecule has 0 bridgehead atoms. The van der Waals surface area contributed by atoms with Crippen molar-refractivity contribution in [3.8, 4) is 5.75 Å². The first-order valence-electron chi connectivity index (χ1n) is 12.9. The van der Waals surface area contributed by atoms with Gasteiger partial charge in [0, 0.05) is 13.1 Å². The van der Waals surface area contributed by atoms with E-state index < -0.39 is 16.1 Å². The number of nitrogens with one attached hydrogen (secondary N) is 1. The van der Waals surface area contributed by atoms with Crippen LogP contribution in [0.2, 0.25) is 0 Å². The lowest BCUT2D eigenvalue weighted by molar-refractivity contribution is -0.127. The number of carbonyl (C=O) groups excluding carboxylic acids is 1. The van der Waals surface area contributed by atoms with Crippen molar-refractivity contribution in [1.82, 2.24) is 10.2 Å². The number of carbonyl (C=O) groups is 1. The Hall–Kier alpha value is -3.36. The summed E-state index contributed by atoms with van der Waals surface area (Å²) in [5, 5.41) is 2.99. The SMILES string of the molecule is O=C(NCc1ccccc1CN1CCCCC1)C1CN(S(=O)(=O)Cc2ccccc2)c2ccccc2O1. The molecular formula is C29H33N3O4S. The van der Waals surface area contributed by atoms with Crippen LogP contribution in [0.4, 0.5) is 5.69 Å². The summed E-state index contributed by atoms with van der Waals surface area (Å²) in [4.78, 5) is 15.7. The molecule has 0 spiro atoms. The summed E-state index contributed by atoms with van der Waals surface area (Å²) in [6.45, 7) is 3.35. The average molecular weight is 520 g/mol. The first-order valence-corrected chi connectivity index (χ1v) is 14.5. The number of ether oxygens (including phenoxy) is 1. The summed E-state index contributed by atoms with van der Waals surface area (Å²) >= 11 is 0. The van der Waals surface area contributed by atoms with Gasteiger partial charge >= 0.3 is 0 Å². The number of nitrogens with zero attached hydrogens (tertiary/aromatic N) is 2. The molecule has 3 aromatic carbocycles. The first kappa shape index (κ1) is 25.3. The first-order chi connectivity index (χ1) is 18.0. The van der Waals surface area contributed by atoms with Crippen LogP contribution in [0.3, 0.4) is 0 Å². The molecule has 0 aliphatic carbocycles. The predicted octanol–water partition coefficient (Wildman–Crippen LogP) is 4.09. The maximum atomic E-state index is 13.4. The maximum absolute atomic E-state index is 13.4. The summed E-state index contributed by atoms with van der Waals surface area (Å²) < 4.78 is 34.2. The minimum Gasteiger partial charge on any atom is -0.476 e. The number of hydrogen-bond acceptors (Lipinski definition) is 5. The fourth-order valence-electron chi connectivity index (χ4n) is 5.00. The van der Waals surface area contributed by atoms with Gasteiger partial charge in [0.2, 0.25) is 10.0 Å². The fraction of sp³-hybridized carbons (Fsp3) is 0.345. The highest BCUT2D eigenvalue weighted by atomic mass is 32.2. The van der Waals surface area contributed by atoms with E-state index in [1.165, 1.54) is 29.1 Å².